The smallest absolute Gasteiger partial charge is 0.240 e. The van der Waals surface area contributed by atoms with Crippen LogP contribution >= 0.6 is 0 Å². The van der Waals surface area contributed by atoms with Crippen LogP contribution in [0.25, 0.3) is 0 Å². The SMILES string of the molecule is CC1(C)CC(NS(=O)(=O)c2cccc(CN)c2)CCO1. The van der Waals surface area contributed by atoms with Gasteiger partial charge in [0.15, 0.2) is 0 Å². The van der Waals surface area contributed by atoms with Gasteiger partial charge >= 0.3 is 0 Å². The molecule has 0 bridgehead atoms. The van der Waals surface area contributed by atoms with E-state index >= 15 is 0 Å². The Morgan fingerprint density at radius 2 is 2.20 bits per heavy atom. The molecule has 6 heteroatoms. The largest absolute Gasteiger partial charge is 0.375 e. The van der Waals surface area contributed by atoms with Crippen molar-refractivity contribution in [2.75, 3.05) is 6.61 Å². The summed E-state index contributed by atoms with van der Waals surface area (Å²) in [6.07, 6.45) is 1.36. The van der Waals surface area contributed by atoms with E-state index in [1.807, 2.05) is 19.9 Å². The van der Waals surface area contributed by atoms with Crippen LogP contribution in [0.2, 0.25) is 0 Å². The van der Waals surface area contributed by atoms with E-state index in [-0.39, 0.29) is 16.5 Å². The van der Waals surface area contributed by atoms with Gasteiger partial charge in [-0.15, -0.1) is 0 Å². The van der Waals surface area contributed by atoms with Crippen molar-refractivity contribution in [3.05, 3.63) is 29.8 Å². The summed E-state index contributed by atoms with van der Waals surface area (Å²) in [4.78, 5) is 0.268. The van der Waals surface area contributed by atoms with E-state index < -0.39 is 10.0 Å². The molecule has 0 aliphatic carbocycles. The van der Waals surface area contributed by atoms with Crippen LogP contribution in [0.4, 0.5) is 0 Å². The average molecular weight is 298 g/mol. The van der Waals surface area contributed by atoms with Crippen molar-refractivity contribution in [1.29, 1.82) is 0 Å². The van der Waals surface area contributed by atoms with E-state index in [1.54, 1.807) is 18.2 Å². The van der Waals surface area contributed by atoms with Gasteiger partial charge in [0.05, 0.1) is 10.5 Å². The van der Waals surface area contributed by atoms with Crippen LogP contribution in [-0.4, -0.2) is 26.7 Å². The quantitative estimate of drug-likeness (QED) is 0.880. The van der Waals surface area contributed by atoms with Crippen LogP contribution in [0.3, 0.4) is 0 Å². The molecule has 1 aromatic carbocycles. The predicted molar refractivity (Wildman–Crippen MR) is 77.7 cm³/mol. The topological polar surface area (TPSA) is 81.4 Å². The van der Waals surface area contributed by atoms with E-state index in [9.17, 15) is 8.42 Å². The highest BCUT2D eigenvalue weighted by atomic mass is 32.2. The highest BCUT2D eigenvalue weighted by Gasteiger charge is 2.31. The second-order valence-electron chi connectivity index (χ2n) is 5.77. The summed E-state index contributed by atoms with van der Waals surface area (Å²) < 4.78 is 33.1. The molecule has 1 aliphatic heterocycles. The van der Waals surface area contributed by atoms with Gasteiger partial charge in [0.1, 0.15) is 0 Å². The third-order valence-corrected chi connectivity index (χ3v) is 4.98. The molecule has 1 fully saturated rings. The Labute approximate surface area is 120 Å². The number of rotatable bonds is 4. The lowest BCUT2D eigenvalue weighted by atomic mass is 9.95. The number of nitrogens with two attached hydrogens (primary N) is 1. The molecule has 0 aromatic heterocycles. The predicted octanol–water partition coefficient (Wildman–Crippen LogP) is 1.38. The van der Waals surface area contributed by atoms with Gasteiger partial charge in [0.2, 0.25) is 10.0 Å². The summed E-state index contributed by atoms with van der Waals surface area (Å²) in [7, 11) is -3.50. The Morgan fingerprint density at radius 1 is 1.45 bits per heavy atom. The molecular formula is C14H22N2O3S. The van der Waals surface area contributed by atoms with Crippen LogP contribution in [-0.2, 0) is 21.3 Å². The molecule has 1 unspecified atom stereocenters. The van der Waals surface area contributed by atoms with Crippen LogP contribution in [0.5, 0.6) is 0 Å². The number of ether oxygens (including phenoxy) is 1. The first kappa shape index (κ1) is 15.4. The zero-order valence-corrected chi connectivity index (χ0v) is 12.7. The third-order valence-electron chi connectivity index (χ3n) is 3.46. The molecule has 0 saturated carbocycles. The highest BCUT2D eigenvalue weighted by Crippen LogP contribution is 2.25. The van der Waals surface area contributed by atoms with Gasteiger partial charge in [0, 0.05) is 19.2 Å². The monoisotopic (exact) mass is 298 g/mol. The first-order valence-electron chi connectivity index (χ1n) is 6.78. The maximum absolute atomic E-state index is 12.4. The van der Waals surface area contributed by atoms with Crippen molar-refractivity contribution in [3.8, 4) is 0 Å². The fraction of sp³-hybridized carbons (Fsp3) is 0.571. The van der Waals surface area contributed by atoms with E-state index in [0.717, 1.165) is 5.56 Å². The lowest BCUT2D eigenvalue weighted by Gasteiger charge is -2.35. The van der Waals surface area contributed by atoms with Crippen molar-refractivity contribution < 1.29 is 13.2 Å². The minimum atomic E-state index is -3.50. The Hall–Kier alpha value is -0.950. The summed E-state index contributed by atoms with van der Waals surface area (Å²) in [5.74, 6) is 0. The lowest BCUT2D eigenvalue weighted by molar-refractivity contribution is -0.0599. The average Bonchev–Trinajstić information content (AvgIpc) is 2.37. The number of sulfonamides is 1. The maximum atomic E-state index is 12.4. The molecule has 1 aliphatic rings. The first-order valence-corrected chi connectivity index (χ1v) is 8.26. The fourth-order valence-electron chi connectivity index (χ4n) is 2.46. The molecule has 0 radical (unpaired) electrons. The summed E-state index contributed by atoms with van der Waals surface area (Å²) in [6.45, 7) is 4.85. The van der Waals surface area contributed by atoms with E-state index in [1.165, 1.54) is 0 Å². The molecule has 0 spiro atoms. The Bertz CT molecular complexity index is 570. The molecule has 1 atom stereocenters. The van der Waals surface area contributed by atoms with E-state index in [2.05, 4.69) is 4.72 Å². The van der Waals surface area contributed by atoms with Crippen molar-refractivity contribution in [2.45, 2.75) is 49.8 Å². The molecule has 0 amide bonds. The summed E-state index contributed by atoms with van der Waals surface area (Å²) in [5.41, 5.74) is 6.07. The maximum Gasteiger partial charge on any atom is 0.240 e. The molecule has 112 valence electrons. The molecule has 1 saturated heterocycles. The fourth-order valence-corrected chi connectivity index (χ4v) is 3.80. The molecule has 5 nitrogen and oxygen atoms in total. The summed E-state index contributed by atoms with van der Waals surface area (Å²) in [5, 5.41) is 0. The van der Waals surface area contributed by atoms with Gasteiger partial charge in [0.25, 0.3) is 0 Å². The minimum absolute atomic E-state index is 0.0923. The standard InChI is InChI=1S/C14H22N2O3S/c1-14(2)9-12(6-7-19-14)16-20(17,18)13-5-3-4-11(8-13)10-15/h3-5,8,12,16H,6-7,9-10,15H2,1-2H3. The summed E-state index contributed by atoms with van der Waals surface area (Å²) in [6, 6.07) is 6.64. The molecule has 1 heterocycles. The molecular weight excluding hydrogens is 276 g/mol. The zero-order valence-electron chi connectivity index (χ0n) is 11.9. The lowest BCUT2D eigenvalue weighted by Crippen LogP contribution is -2.45. The Kier molecular flexibility index (Phi) is 4.49. The van der Waals surface area contributed by atoms with Gasteiger partial charge in [-0.25, -0.2) is 13.1 Å². The Morgan fingerprint density at radius 3 is 2.85 bits per heavy atom. The van der Waals surface area contributed by atoms with Gasteiger partial charge in [-0.2, -0.15) is 0 Å². The van der Waals surface area contributed by atoms with Crippen LogP contribution < -0.4 is 10.5 Å². The number of hydrogen-bond donors (Lipinski definition) is 2. The first-order chi connectivity index (χ1) is 9.32. The number of hydrogen-bond acceptors (Lipinski definition) is 4. The third kappa shape index (κ3) is 3.79. The number of benzene rings is 1. The number of nitrogens with one attached hydrogen (secondary N) is 1. The van der Waals surface area contributed by atoms with Gasteiger partial charge in [-0.1, -0.05) is 12.1 Å². The second kappa shape index (κ2) is 5.81. The van der Waals surface area contributed by atoms with Crippen LogP contribution in [0, 0.1) is 0 Å². The molecule has 3 N–H and O–H groups in total. The van der Waals surface area contributed by atoms with Crippen molar-refractivity contribution >= 4 is 10.0 Å². The molecule has 20 heavy (non-hydrogen) atoms. The highest BCUT2D eigenvalue weighted by molar-refractivity contribution is 7.89. The molecule has 1 aromatic rings. The van der Waals surface area contributed by atoms with Gasteiger partial charge in [-0.05, 0) is 44.4 Å². The van der Waals surface area contributed by atoms with Crippen molar-refractivity contribution in [1.82, 2.24) is 4.72 Å². The van der Waals surface area contributed by atoms with Crippen molar-refractivity contribution in [2.24, 2.45) is 5.73 Å². The molecule has 2 rings (SSSR count). The minimum Gasteiger partial charge on any atom is -0.375 e. The normalized spacial score (nSPS) is 22.6. The van der Waals surface area contributed by atoms with Gasteiger partial charge < -0.3 is 10.5 Å². The van der Waals surface area contributed by atoms with E-state index in [4.69, 9.17) is 10.5 Å². The van der Waals surface area contributed by atoms with Crippen LogP contribution in [0.1, 0.15) is 32.3 Å². The Balaban J connectivity index is 2.14. The van der Waals surface area contributed by atoms with Gasteiger partial charge in [-0.3, -0.25) is 0 Å². The zero-order chi connectivity index (χ0) is 14.8. The van der Waals surface area contributed by atoms with E-state index in [0.29, 0.717) is 26.0 Å². The van der Waals surface area contributed by atoms with Crippen molar-refractivity contribution in [3.63, 3.8) is 0 Å². The second-order valence-corrected chi connectivity index (χ2v) is 7.48. The van der Waals surface area contributed by atoms with Crippen LogP contribution in [0.15, 0.2) is 29.2 Å². The summed E-state index contributed by atoms with van der Waals surface area (Å²) >= 11 is 0.